The molecule has 1 N–H and O–H groups in total. The topological polar surface area (TPSA) is 42.0 Å². The summed E-state index contributed by atoms with van der Waals surface area (Å²) in [5, 5.41) is 2.51. The summed E-state index contributed by atoms with van der Waals surface area (Å²) in [5.74, 6) is -6.31. The van der Waals surface area contributed by atoms with Crippen LogP contribution < -0.4 is 5.32 Å². The van der Waals surface area contributed by atoms with Gasteiger partial charge < -0.3 is 5.32 Å². The number of hydrogen-bond donors (Lipinski definition) is 1. The van der Waals surface area contributed by atoms with E-state index in [9.17, 15) is 21.8 Å². The van der Waals surface area contributed by atoms with Crippen molar-refractivity contribution in [2.45, 2.75) is 43.1 Å². The highest BCUT2D eigenvalue weighted by Crippen LogP contribution is 2.27. The molecule has 1 saturated carbocycles. The predicted molar refractivity (Wildman–Crippen MR) is 92.5 cm³/mol. The van der Waals surface area contributed by atoms with Gasteiger partial charge >= 0.3 is 0 Å². The lowest BCUT2D eigenvalue weighted by atomic mass is 10.0. The molecule has 3 nitrogen and oxygen atoms in total. The van der Waals surface area contributed by atoms with Gasteiger partial charge in [0, 0.05) is 27.5 Å². The molecular formula is C18H18F4N2OS. The second kappa shape index (κ2) is 8.16. The third kappa shape index (κ3) is 4.23. The Morgan fingerprint density at radius 3 is 2.35 bits per heavy atom. The van der Waals surface area contributed by atoms with Crippen molar-refractivity contribution in [1.29, 1.82) is 0 Å². The van der Waals surface area contributed by atoms with Crippen LogP contribution in [-0.4, -0.2) is 14.4 Å². The van der Waals surface area contributed by atoms with Crippen LogP contribution in [0.2, 0.25) is 0 Å². The first-order valence-electron chi connectivity index (χ1n) is 8.39. The first-order chi connectivity index (χ1) is 12.5. The average molecular weight is 386 g/mol. The second-order valence-electron chi connectivity index (χ2n) is 6.31. The van der Waals surface area contributed by atoms with Gasteiger partial charge in [0.25, 0.3) is 11.9 Å². The van der Waals surface area contributed by atoms with E-state index in [1.807, 2.05) is 0 Å². The molecule has 1 unspecified atom stereocenters. The first kappa shape index (κ1) is 18.8. The first-order valence-corrected chi connectivity index (χ1v) is 9.77. The molecule has 1 fully saturated rings. The Kier molecular flexibility index (Phi) is 5.90. The van der Waals surface area contributed by atoms with E-state index in [2.05, 4.69) is 10.3 Å². The van der Waals surface area contributed by atoms with E-state index in [1.54, 1.807) is 18.2 Å². The Morgan fingerprint density at radius 2 is 1.69 bits per heavy atom. The molecule has 2 aromatic rings. The van der Waals surface area contributed by atoms with Crippen LogP contribution in [0, 0.1) is 23.5 Å². The summed E-state index contributed by atoms with van der Waals surface area (Å²) in [6, 6.07) is 6.45. The highest BCUT2D eigenvalue weighted by atomic mass is 32.2. The van der Waals surface area contributed by atoms with Crippen molar-refractivity contribution in [3.8, 4) is 0 Å². The molecule has 3 rings (SSSR count). The lowest BCUT2D eigenvalue weighted by Gasteiger charge is -2.21. The van der Waals surface area contributed by atoms with Crippen LogP contribution in [0.4, 0.5) is 28.9 Å². The highest BCUT2D eigenvalue weighted by molar-refractivity contribution is 7.84. The summed E-state index contributed by atoms with van der Waals surface area (Å²) in [5.41, 5.74) is 0.0150. The van der Waals surface area contributed by atoms with E-state index < -0.39 is 40.0 Å². The van der Waals surface area contributed by atoms with Crippen LogP contribution in [0.15, 0.2) is 24.3 Å². The molecule has 1 aromatic carbocycles. The standard InChI is InChI=1S/C18H18F4N2OS/c19-14-16(15(20)18(22)24-17(14)21)23-12-6-4-5-11(9-12)10-26(25)13-7-2-1-3-8-13/h4-6,9,13H,1-3,7-8,10H2,(H,23,24). The lowest BCUT2D eigenvalue weighted by Crippen LogP contribution is -2.19. The van der Waals surface area contributed by atoms with Crippen LogP contribution in [0.3, 0.4) is 0 Å². The molecule has 0 bridgehead atoms. The number of aromatic nitrogens is 1. The molecule has 0 saturated heterocycles. The van der Waals surface area contributed by atoms with Crippen molar-refractivity contribution in [3.05, 3.63) is 53.4 Å². The van der Waals surface area contributed by atoms with Gasteiger partial charge in [0.15, 0.2) is 0 Å². The van der Waals surface area contributed by atoms with Crippen molar-refractivity contribution in [1.82, 2.24) is 4.98 Å². The van der Waals surface area contributed by atoms with Gasteiger partial charge in [-0.3, -0.25) is 4.21 Å². The lowest BCUT2D eigenvalue weighted by molar-refractivity contribution is 0.411. The smallest absolute Gasteiger partial charge is 0.253 e. The van der Waals surface area contributed by atoms with E-state index >= 15 is 0 Å². The van der Waals surface area contributed by atoms with Gasteiger partial charge in [-0.1, -0.05) is 31.4 Å². The molecule has 0 aliphatic heterocycles. The molecule has 1 heterocycles. The molecule has 1 atom stereocenters. The van der Waals surface area contributed by atoms with Gasteiger partial charge in [0.2, 0.25) is 11.6 Å². The maximum Gasteiger partial charge on any atom is 0.253 e. The molecule has 140 valence electrons. The molecule has 8 heteroatoms. The summed E-state index contributed by atoms with van der Waals surface area (Å²) in [4.78, 5) is 2.52. The summed E-state index contributed by atoms with van der Waals surface area (Å²) in [6.07, 6.45) is 5.21. The van der Waals surface area contributed by atoms with Gasteiger partial charge in [-0.2, -0.15) is 22.5 Å². The van der Waals surface area contributed by atoms with Crippen molar-refractivity contribution < 1.29 is 21.8 Å². The fourth-order valence-electron chi connectivity index (χ4n) is 3.09. The van der Waals surface area contributed by atoms with Crippen LogP contribution in [-0.2, 0) is 16.6 Å². The molecule has 0 radical (unpaired) electrons. The molecule has 1 aromatic heterocycles. The van der Waals surface area contributed by atoms with Gasteiger partial charge in [0.1, 0.15) is 5.69 Å². The van der Waals surface area contributed by atoms with E-state index in [0.717, 1.165) is 31.2 Å². The van der Waals surface area contributed by atoms with Crippen molar-refractivity contribution in [2.75, 3.05) is 5.32 Å². The molecule has 26 heavy (non-hydrogen) atoms. The summed E-state index contributed by atoms with van der Waals surface area (Å²) >= 11 is 0. The third-order valence-electron chi connectivity index (χ3n) is 4.43. The third-order valence-corrected chi connectivity index (χ3v) is 6.26. The number of nitrogens with zero attached hydrogens (tertiary/aromatic N) is 1. The minimum atomic E-state index is -1.72. The van der Waals surface area contributed by atoms with Crippen molar-refractivity contribution >= 4 is 22.2 Å². The van der Waals surface area contributed by atoms with Crippen LogP contribution in [0.5, 0.6) is 0 Å². The Bertz CT molecular complexity index is 799. The summed E-state index contributed by atoms with van der Waals surface area (Å²) < 4.78 is 66.4. The largest absolute Gasteiger partial charge is 0.350 e. The van der Waals surface area contributed by atoms with E-state index in [4.69, 9.17) is 0 Å². The monoisotopic (exact) mass is 386 g/mol. The van der Waals surface area contributed by atoms with Crippen molar-refractivity contribution in [3.63, 3.8) is 0 Å². The Balaban J connectivity index is 1.77. The van der Waals surface area contributed by atoms with Crippen molar-refractivity contribution in [2.24, 2.45) is 0 Å². The van der Waals surface area contributed by atoms with Gasteiger partial charge in [-0.05, 0) is 30.5 Å². The number of pyridine rings is 1. The molecule has 0 spiro atoms. The molecular weight excluding hydrogens is 368 g/mol. The minimum Gasteiger partial charge on any atom is -0.350 e. The zero-order valence-electron chi connectivity index (χ0n) is 13.9. The quantitative estimate of drug-likeness (QED) is 0.583. The fourth-order valence-corrected chi connectivity index (χ4v) is 4.69. The second-order valence-corrected chi connectivity index (χ2v) is 8.02. The normalized spacial score (nSPS) is 16.5. The number of nitrogens with one attached hydrogen (secondary N) is 1. The maximum atomic E-state index is 13.7. The SMILES string of the molecule is O=S(Cc1cccc(Nc2c(F)c(F)nc(F)c2F)c1)C1CCCCC1. The van der Waals surface area contributed by atoms with Crippen LogP contribution in [0.1, 0.15) is 37.7 Å². The molecule has 1 aliphatic carbocycles. The molecule has 0 amide bonds. The Morgan fingerprint density at radius 1 is 1.04 bits per heavy atom. The maximum absolute atomic E-state index is 13.7. The Labute approximate surface area is 151 Å². The van der Waals surface area contributed by atoms with Gasteiger partial charge in [0.05, 0.1) is 0 Å². The number of halogens is 4. The van der Waals surface area contributed by atoms with Gasteiger partial charge in [-0.15, -0.1) is 0 Å². The predicted octanol–water partition coefficient (Wildman–Crippen LogP) is 4.96. The van der Waals surface area contributed by atoms with Crippen LogP contribution >= 0.6 is 0 Å². The number of rotatable bonds is 5. The summed E-state index contributed by atoms with van der Waals surface area (Å²) in [7, 11) is -1.03. The number of anilines is 2. The van der Waals surface area contributed by atoms with E-state index in [1.165, 1.54) is 12.5 Å². The van der Waals surface area contributed by atoms with Gasteiger partial charge in [-0.25, -0.2) is 0 Å². The number of benzene rings is 1. The Hall–Kier alpha value is -1.96. The van der Waals surface area contributed by atoms with Crippen LogP contribution in [0.25, 0.3) is 0 Å². The molecule has 1 aliphatic rings. The van der Waals surface area contributed by atoms with E-state index in [0.29, 0.717) is 5.75 Å². The minimum absolute atomic E-state index is 0.165. The number of hydrogen-bond acceptors (Lipinski definition) is 3. The zero-order valence-corrected chi connectivity index (χ0v) is 14.7. The average Bonchev–Trinajstić information content (AvgIpc) is 2.64. The zero-order chi connectivity index (χ0) is 18.7. The fraction of sp³-hybridized carbons (Fsp3) is 0.389. The summed E-state index contributed by atoms with van der Waals surface area (Å²) in [6.45, 7) is 0. The van der Waals surface area contributed by atoms with E-state index in [-0.39, 0.29) is 10.9 Å². The highest BCUT2D eigenvalue weighted by Gasteiger charge is 2.22.